The average molecular weight is 440 g/mol. The molecule has 0 unspecified atom stereocenters. The molecule has 1 aliphatic rings. The first-order valence-corrected chi connectivity index (χ1v) is 11.1. The lowest BCUT2D eigenvalue weighted by Crippen LogP contribution is -2.41. The summed E-state index contributed by atoms with van der Waals surface area (Å²) in [7, 11) is 0. The van der Waals surface area contributed by atoms with Gasteiger partial charge in [0, 0.05) is 5.69 Å². The Balaban J connectivity index is 1.58. The van der Waals surface area contributed by atoms with E-state index in [4.69, 9.17) is 9.47 Å². The number of fused-ring (bicyclic) bond motifs is 1. The highest BCUT2D eigenvalue weighted by molar-refractivity contribution is 8.00. The Labute approximate surface area is 185 Å². The molecule has 3 aromatic rings. The molecule has 8 nitrogen and oxygen atoms in total. The van der Waals surface area contributed by atoms with Crippen LogP contribution in [0.15, 0.2) is 53.7 Å². The summed E-state index contributed by atoms with van der Waals surface area (Å²) in [6.45, 7) is 6.96. The molecule has 0 radical (unpaired) electrons. The van der Waals surface area contributed by atoms with Crippen LogP contribution in [0.2, 0.25) is 0 Å². The first-order chi connectivity index (χ1) is 15.1. The van der Waals surface area contributed by atoms with Crippen LogP contribution in [0.25, 0.3) is 0 Å². The largest absolute Gasteiger partial charge is 0.494 e. The Kier molecular flexibility index (Phi) is 6.31. The predicted octanol–water partition coefficient (Wildman–Crippen LogP) is 3.78. The molecule has 4 rings (SSSR count). The van der Waals surface area contributed by atoms with Gasteiger partial charge in [0.1, 0.15) is 22.6 Å². The van der Waals surface area contributed by atoms with E-state index in [0.29, 0.717) is 24.1 Å². The van der Waals surface area contributed by atoms with Crippen LogP contribution >= 0.6 is 11.8 Å². The summed E-state index contributed by atoms with van der Waals surface area (Å²) in [5, 5.41) is 11.6. The van der Waals surface area contributed by atoms with Crippen molar-refractivity contribution in [2.45, 2.75) is 37.2 Å². The molecule has 1 aliphatic heterocycles. The first-order valence-electron chi connectivity index (χ1n) is 10.2. The number of carbonyl (C=O) groups excluding carboxylic acids is 1. The van der Waals surface area contributed by atoms with Gasteiger partial charge < -0.3 is 20.2 Å². The summed E-state index contributed by atoms with van der Waals surface area (Å²) in [5.41, 5.74) is 5.09. The van der Waals surface area contributed by atoms with Gasteiger partial charge in [-0.1, -0.05) is 23.9 Å². The molecule has 0 bridgehead atoms. The summed E-state index contributed by atoms with van der Waals surface area (Å²) in [6, 6.07) is 14.9. The van der Waals surface area contributed by atoms with Gasteiger partial charge in [-0.15, -0.1) is 10.2 Å². The molecule has 0 saturated heterocycles. The Morgan fingerprint density at radius 3 is 2.26 bits per heavy atom. The third-order valence-corrected chi connectivity index (χ3v) is 6.06. The maximum Gasteiger partial charge on any atom is 0.240 e. The van der Waals surface area contributed by atoms with Crippen LogP contribution < -0.4 is 20.2 Å². The van der Waals surface area contributed by atoms with Gasteiger partial charge in [0.2, 0.25) is 11.1 Å². The lowest BCUT2D eigenvalue weighted by molar-refractivity contribution is -0.116. The van der Waals surface area contributed by atoms with Crippen LogP contribution in [0.4, 0.5) is 5.69 Å². The number of thioether (sulfide) groups is 1. The highest BCUT2D eigenvalue weighted by Crippen LogP contribution is 2.38. The number of rotatable bonds is 7. The van der Waals surface area contributed by atoms with Crippen LogP contribution in [0, 0.1) is 6.92 Å². The molecule has 1 amide bonds. The number of nitrogens with one attached hydrogen (secondary N) is 2. The van der Waals surface area contributed by atoms with E-state index in [1.807, 2.05) is 74.0 Å². The van der Waals surface area contributed by atoms with Gasteiger partial charge in [-0.3, -0.25) is 4.79 Å². The van der Waals surface area contributed by atoms with Crippen LogP contribution in [-0.4, -0.2) is 39.2 Å². The van der Waals surface area contributed by atoms with Crippen LogP contribution in [0.1, 0.15) is 31.3 Å². The van der Waals surface area contributed by atoms with Crippen molar-refractivity contribution >= 4 is 23.4 Å². The van der Waals surface area contributed by atoms with Crippen molar-refractivity contribution < 1.29 is 14.3 Å². The summed E-state index contributed by atoms with van der Waals surface area (Å²) < 4.78 is 12.8. The number of aryl methyl sites for hydroxylation is 1. The van der Waals surface area contributed by atoms with E-state index in [2.05, 4.69) is 20.9 Å². The van der Waals surface area contributed by atoms with Crippen molar-refractivity contribution in [1.82, 2.24) is 14.9 Å². The summed E-state index contributed by atoms with van der Waals surface area (Å²) >= 11 is 1.39. The smallest absolute Gasteiger partial charge is 0.240 e. The molecule has 2 atom stereocenters. The average Bonchev–Trinajstić information content (AvgIpc) is 3.15. The number of benzene rings is 2. The molecule has 2 N–H and O–H groups in total. The number of hydrogen-bond donors (Lipinski definition) is 2. The van der Waals surface area contributed by atoms with E-state index < -0.39 is 5.25 Å². The molecule has 1 aromatic heterocycles. The van der Waals surface area contributed by atoms with E-state index in [0.717, 1.165) is 22.9 Å². The number of amides is 1. The number of hydrogen-bond acceptors (Lipinski definition) is 7. The van der Waals surface area contributed by atoms with E-state index in [-0.39, 0.29) is 11.9 Å². The summed E-state index contributed by atoms with van der Waals surface area (Å²) in [4.78, 5) is 13.3. The first kappa shape index (κ1) is 21.0. The molecule has 2 aromatic carbocycles. The quantitative estimate of drug-likeness (QED) is 0.579. The molecule has 0 fully saturated rings. The Hall–Kier alpha value is -3.20. The molecule has 0 spiro atoms. The second kappa shape index (κ2) is 9.30. The third-order valence-electron chi connectivity index (χ3n) is 4.84. The maximum atomic E-state index is 13.3. The maximum absolute atomic E-state index is 13.3. The van der Waals surface area contributed by atoms with Gasteiger partial charge in [-0.05, 0) is 62.7 Å². The molecule has 0 saturated carbocycles. The lowest BCUT2D eigenvalue weighted by Gasteiger charge is -2.32. The van der Waals surface area contributed by atoms with Crippen molar-refractivity contribution in [3.05, 3.63) is 59.9 Å². The molecular formula is C22H25N5O3S. The van der Waals surface area contributed by atoms with Gasteiger partial charge in [0.25, 0.3) is 0 Å². The number of ether oxygens (including phenoxy) is 2. The minimum atomic E-state index is -0.444. The third kappa shape index (κ3) is 4.61. The summed E-state index contributed by atoms with van der Waals surface area (Å²) in [5.74, 6) is 2.19. The fourth-order valence-corrected chi connectivity index (χ4v) is 4.49. The fraction of sp³-hybridized carbons (Fsp3) is 0.318. The number of nitrogens with zero attached hydrogens (tertiary/aromatic N) is 3. The summed E-state index contributed by atoms with van der Waals surface area (Å²) in [6.07, 6.45) is 0. The van der Waals surface area contributed by atoms with Gasteiger partial charge >= 0.3 is 0 Å². The lowest BCUT2D eigenvalue weighted by atomic mass is 10.0. The van der Waals surface area contributed by atoms with E-state index in [1.165, 1.54) is 11.8 Å². The van der Waals surface area contributed by atoms with E-state index >= 15 is 0 Å². The van der Waals surface area contributed by atoms with Crippen LogP contribution in [-0.2, 0) is 4.79 Å². The monoisotopic (exact) mass is 439 g/mol. The molecule has 9 heteroatoms. The number of aromatic nitrogens is 3. The van der Waals surface area contributed by atoms with Crippen molar-refractivity contribution in [1.29, 1.82) is 0 Å². The Bertz CT molecular complexity index is 1040. The van der Waals surface area contributed by atoms with Crippen molar-refractivity contribution in [3.63, 3.8) is 0 Å². The normalized spacial score (nSPS) is 17.4. The topological polar surface area (TPSA) is 90.3 Å². The van der Waals surface area contributed by atoms with Crippen molar-refractivity contribution in [2.75, 3.05) is 24.0 Å². The van der Waals surface area contributed by atoms with Crippen molar-refractivity contribution in [2.24, 2.45) is 0 Å². The number of anilines is 1. The molecular weight excluding hydrogens is 414 g/mol. The molecule has 162 valence electrons. The highest BCUT2D eigenvalue weighted by Gasteiger charge is 2.37. The minimum Gasteiger partial charge on any atom is -0.494 e. The van der Waals surface area contributed by atoms with E-state index in [9.17, 15) is 4.79 Å². The van der Waals surface area contributed by atoms with Gasteiger partial charge in [-0.2, -0.15) is 0 Å². The van der Waals surface area contributed by atoms with Gasteiger partial charge in [-0.25, -0.2) is 4.68 Å². The van der Waals surface area contributed by atoms with Gasteiger partial charge in [0.15, 0.2) is 0 Å². The van der Waals surface area contributed by atoms with Crippen molar-refractivity contribution in [3.8, 4) is 11.5 Å². The Morgan fingerprint density at radius 2 is 1.65 bits per heavy atom. The predicted molar refractivity (Wildman–Crippen MR) is 120 cm³/mol. The second-order valence-corrected chi connectivity index (χ2v) is 8.07. The van der Waals surface area contributed by atoms with E-state index in [1.54, 1.807) is 0 Å². The standard InChI is InChI=1S/C22H25N5O3S/c1-4-29-17-10-6-15(7-11-17)19-20(31-22-25-24-14(3)27(22)26-19)21(28)23-16-8-12-18(13-9-16)30-5-2/h6-13,19-20,26H,4-5H2,1-3H3,(H,23,28)/t19-,20-/m1/s1. The molecule has 0 aliphatic carbocycles. The molecule has 2 heterocycles. The second-order valence-electron chi connectivity index (χ2n) is 6.96. The van der Waals surface area contributed by atoms with Crippen LogP contribution in [0.3, 0.4) is 0 Å². The molecule has 31 heavy (non-hydrogen) atoms. The fourth-order valence-electron chi connectivity index (χ4n) is 3.36. The highest BCUT2D eigenvalue weighted by atomic mass is 32.2. The SMILES string of the molecule is CCOc1ccc(NC(=O)[C@@H]2Sc3nnc(C)n3N[C@@H]2c2ccc(OCC)cc2)cc1. The zero-order valence-electron chi connectivity index (χ0n) is 17.7. The van der Waals surface area contributed by atoms with Gasteiger partial charge in [0.05, 0.1) is 19.3 Å². The Morgan fingerprint density at radius 1 is 1.03 bits per heavy atom. The zero-order chi connectivity index (χ0) is 21.8. The zero-order valence-corrected chi connectivity index (χ0v) is 18.5. The van der Waals surface area contributed by atoms with Crippen LogP contribution in [0.5, 0.6) is 11.5 Å². The minimum absolute atomic E-state index is 0.118. The number of carbonyl (C=O) groups is 1.